The van der Waals surface area contributed by atoms with Crippen LogP contribution in [-0.2, 0) is 0 Å². The van der Waals surface area contributed by atoms with Gasteiger partial charge in [-0.1, -0.05) is 0 Å². The summed E-state index contributed by atoms with van der Waals surface area (Å²) in [5.74, 6) is 0. The van der Waals surface area contributed by atoms with E-state index in [0.29, 0.717) is 0 Å². The minimum absolute atomic E-state index is 0. The summed E-state index contributed by atoms with van der Waals surface area (Å²) in [7, 11) is 0. The molecule has 0 bridgehead atoms. The molecule has 0 aromatic rings. The van der Waals surface area contributed by atoms with Crippen LogP contribution in [0.3, 0.4) is 0 Å². The molecule has 0 saturated heterocycles. The van der Waals surface area contributed by atoms with E-state index in [0.717, 1.165) is 0 Å². The van der Waals surface area contributed by atoms with Crippen molar-refractivity contribution in [1.29, 1.82) is 0 Å². The Bertz CT molecular complexity index is 6.00. The summed E-state index contributed by atoms with van der Waals surface area (Å²) in [6, 6.07) is 0. The van der Waals surface area contributed by atoms with Crippen molar-refractivity contribution in [2.45, 2.75) is 0 Å². The van der Waals surface area contributed by atoms with Gasteiger partial charge in [-0.25, -0.2) is 0 Å². The number of halogens is 2. The number of hydrogen-bond donors (Lipinski definition) is 0. The number of hydrogen-bond acceptors (Lipinski definition) is 0. The first-order chi connectivity index (χ1) is 1.41. The van der Waals surface area contributed by atoms with Crippen LogP contribution in [0.5, 0.6) is 0 Å². The second kappa shape index (κ2) is 9.58. The molecule has 0 aliphatic heterocycles. The molecule has 0 spiro atoms. The molecular formula is HCaI2Li. The van der Waals surface area contributed by atoms with Crippen molar-refractivity contribution in [2.75, 3.05) is 0 Å². The van der Waals surface area contributed by atoms with Crippen molar-refractivity contribution >= 4 is 72.3 Å². The van der Waals surface area contributed by atoms with Crippen LogP contribution >= 0.6 is 30.0 Å². The molecule has 0 aliphatic carbocycles. The topological polar surface area (TPSA) is 0 Å². The van der Waals surface area contributed by atoms with Crippen molar-refractivity contribution in [2.24, 2.45) is 0 Å². The molecular weight excluding hydrogens is 301 g/mol. The first-order valence-corrected chi connectivity index (χ1v) is 14.8. The van der Waals surface area contributed by atoms with Crippen LogP contribution in [0.2, 0.25) is 0 Å². The zero-order valence-corrected chi connectivity index (χ0v) is 7.99. The summed E-state index contributed by atoms with van der Waals surface area (Å²) < 4.78 is 0. The molecule has 0 aromatic carbocycles. The van der Waals surface area contributed by atoms with Gasteiger partial charge in [-0.3, -0.25) is 0 Å². The van der Waals surface area contributed by atoms with Gasteiger partial charge in [0.25, 0.3) is 0 Å². The molecule has 0 heterocycles. The van der Waals surface area contributed by atoms with Gasteiger partial charge in [-0.05, 0) is 0 Å². The second-order valence-corrected chi connectivity index (χ2v) is 18.7. The van der Waals surface area contributed by atoms with E-state index < -0.39 is 0 Å². The molecule has 4 heavy (non-hydrogen) atoms. The Kier molecular flexibility index (Phi) is 24.7. The van der Waals surface area contributed by atoms with Gasteiger partial charge in [0.2, 0.25) is 0 Å². The Morgan fingerprint density at radius 1 is 1.25 bits per heavy atom. The Morgan fingerprint density at radius 2 is 1.25 bits per heavy atom. The molecule has 0 amide bonds. The molecule has 0 aromatic heterocycles. The van der Waals surface area contributed by atoms with Crippen LogP contribution in [-0.4, -0.2) is 42.3 Å². The van der Waals surface area contributed by atoms with Crippen molar-refractivity contribution in [3.63, 3.8) is 0 Å². The van der Waals surface area contributed by atoms with Crippen molar-refractivity contribution in [3.05, 3.63) is 0 Å². The third-order valence-electron chi connectivity index (χ3n) is 0. The van der Waals surface area contributed by atoms with Gasteiger partial charge in [0.05, 0.1) is 0 Å². The molecule has 0 nitrogen and oxygen atoms in total. The van der Waals surface area contributed by atoms with Gasteiger partial charge in [0.15, 0.2) is 0 Å². The van der Waals surface area contributed by atoms with Crippen molar-refractivity contribution in [1.82, 2.24) is 0 Å². The van der Waals surface area contributed by atoms with E-state index >= 15 is 0 Å². The molecule has 0 unspecified atom stereocenters. The van der Waals surface area contributed by atoms with Gasteiger partial charge in [-0.2, -0.15) is 0 Å². The van der Waals surface area contributed by atoms with E-state index in [1.807, 2.05) is 0 Å². The third kappa shape index (κ3) is 9.01. The fraction of sp³-hybridized carbons (Fsp3) is 0. The van der Waals surface area contributed by atoms with E-state index in [1.54, 1.807) is 0 Å². The van der Waals surface area contributed by atoms with E-state index in [-0.39, 0.29) is 42.3 Å². The number of rotatable bonds is 0. The van der Waals surface area contributed by atoms with Gasteiger partial charge < -0.3 is 0 Å². The summed E-state index contributed by atoms with van der Waals surface area (Å²) in [6.07, 6.45) is 0. The molecule has 0 N–H and O–H groups in total. The monoisotopic (exact) mass is 302 g/mol. The summed E-state index contributed by atoms with van der Waals surface area (Å²) in [5, 5.41) is 0. The minimum atomic E-state index is 0. The van der Waals surface area contributed by atoms with Crippen LogP contribution in [0.25, 0.3) is 0 Å². The maximum absolute atomic E-state index is 2.46. The van der Waals surface area contributed by atoms with Crippen LogP contribution in [0.4, 0.5) is 0 Å². The third-order valence-corrected chi connectivity index (χ3v) is 0. The van der Waals surface area contributed by atoms with E-state index in [9.17, 15) is 0 Å². The summed E-state index contributed by atoms with van der Waals surface area (Å²) in [5.41, 5.74) is 0. The van der Waals surface area contributed by atoms with Crippen LogP contribution in [0.1, 0.15) is 0 Å². The standard InChI is InChI=1S/Ca.2HI.Li.H/h;2*1H;;/q+2;;;;/p-2. The predicted octanol–water partition coefficient (Wildman–Crippen LogP) is 0.742. The average Bonchev–Trinajstić information content (AvgIpc) is 0.918. The van der Waals surface area contributed by atoms with Gasteiger partial charge in [-0.15, -0.1) is 0 Å². The van der Waals surface area contributed by atoms with Crippen molar-refractivity contribution < 1.29 is 0 Å². The Morgan fingerprint density at radius 3 is 1.25 bits per heavy atom. The van der Waals surface area contributed by atoms with Crippen LogP contribution in [0, 0.1) is 0 Å². The molecule has 0 fully saturated rings. The Labute approximate surface area is 69.8 Å². The zero-order valence-electron chi connectivity index (χ0n) is 1.46. The van der Waals surface area contributed by atoms with Gasteiger partial charge in [0, 0.05) is 0 Å². The molecule has 0 radical (unpaired) electrons. The molecule has 4 heteroatoms. The first-order valence-electron chi connectivity index (χ1n) is 0.535. The molecule has 0 saturated carbocycles. The normalized spacial score (nSPS) is 2.50. The van der Waals surface area contributed by atoms with E-state index in [4.69, 9.17) is 0 Å². The van der Waals surface area contributed by atoms with E-state index in [2.05, 4.69) is 30.0 Å². The molecule has 0 aliphatic rings. The average molecular weight is 302 g/mol. The fourth-order valence-electron chi connectivity index (χ4n) is 0. The Balaban J connectivity index is 0. The summed E-state index contributed by atoms with van der Waals surface area (Å²) in [6.45, 7) is 0. The summed E-state index contributed by atoms with van der Waals surface area (Å²) in [4.78, 5) is 0. The second-order valence-electron chi connectivity index (χ2n) is 0.101. The predicted molar refractivity (Wildman–Crippen MR) is 40.9 cm³/mol. The van der Waals surface area contributed by atoms with E-state index in [1.165, 1.54) is 0 Å². The molecule has 0 rings (SSSR count). The Hall–Kier alpha value is 3.32. The first kappa shape index (κ1) is 10.3. The SMILES string of the molecule is [I][Ca][I].[LiH]. The van der Waals surface area contributed by atoms with Gasteiger partial charge in [0.1, 0.15) is 0 Å². The molecule has 18 valence electrons. The zero-order chi connectivity index (χ0) is 2.71. The van der Waals surface area contributed by atoms with Gasteiger partial charge >= 0.3 is 72.3 Å². The summed E-state index contributed by atoms with van der Waals surface area (Å²) >= 11 is 4.99. The maximum atomic E-state index is 2.46. The molecule has 0 atom stereocenters. The quantitative estimate of drug-likeness (QED) is 0.457. The van der Waals surface area contributed by atoms with Crippen molar-refractivity contribution in [3.8, 4) is 0 Å². The van der Waals surface area contributed by atoms with Crippen LogP contribution in [0.15, 0.2) is 0 Å². The van der Waals surface area contributed by atoms with Crippen LogP contribution < -0.4 is 0 Å². The fourth-order valence-corrected chi connectivity index (χ4v) is 0.